The summed E-state index contributed by atoms with van der Waals surface area (Å²) in [5.74, 6) is -0.205. The second-order valence-electron chi connectivity index (χ2n) is 3.78. The monoisotopic (exact) mass is 227 g/mol. The molecule has 1 aromatic heterocycles. The third kappa shape index (κ3) is 1.45. The van der Waals surface area contributed by atoms with Gasteiger partial charge in [0.15, 0.2) is 0 Å². The van der Waals surface area contributed by atoms with Crippen LogP contribution in [0.5, 0.6) is 5.88 Å². The van der Waals surface area contributed by atoms with Crippen LogP contribution in [0.4, 0.5) is 0 Å². The molecule has 1 aliphatic heterocycles. The lowest BCUT2D eigenvalue weighted by molar-refractivity contribution is 0.00945. The van der Waals surface area contributed by atoms with Crippen molar-refractivity contribution in [3.05, 3.63) is 22.3 Å². The smallest absolute Gasteiger partial charge is 0.344 e. The number of ether oxygens (including phenoxy) is 2. The number of hydrogen-bond donors (Lipinski definition) is 0. The van der Waals surface area contributed by atoms with Crippen molar-refractivity contribution in [1.29, 1.82) is 0 Å². The first-order valence-corrected chi connectivity index (χ1v) is 4.82. The Morgan fingerprint density at radius 2 is 2.20 bits per heavy atom. The van der Waals surface area contributed by atoms with Gasteiger partial charge in [-0.2, -0.15) is 0 Å². The Balaban J connectivity index is 2.72. The Morgan fingerprint density at radius 3 is 2.80 bits per heavy atom. The normalized spacial score (nSPS) is 17.2. The topological polar surface area (TPSA) is 48.4 Å². The summed E-state index contributed by atoms with van der Waals surface area (Å²) in [5.41, 5.74) is 0.406. The van der Waals surface area contributed by atoms with Crippen LogP contribution in [0, 0.1) is 0 Å². The first-order chi connectivity index (χ1) is 6.95. The predicted octanol–water partition coefficient (Wildman–Crippen LogP) is 2.15. The lowest BCUT2D eigenvalue weighted by Crippen LogP contribution is -2.16. The van der Waals surface area contributed by atoms with Crippen molar-refractivity contribution in [2.45, 2.75) is 19.4 Å². The summed E-state index contributed by atoms with van der Waals surface area (Å²) < 4.78 is 10.2. The summed E-state index contributed by atoms with van der Waals surface area (Å²) in [4.78, 5) is 15.5. The van der Waals surface area contributed by atoms with E-state index in [-0.39, 0.29) is 11.0 Å². The Bertz CT molecular complexity index is 443. The summed E-state index contributed by atoms with van der Waals surface area (Å²) in [6, 6.07) is 1.63. The van der Waals surface area contributed by atoms with E-state index in [4.69, 9.17) is 21.1 Å². The third-order valence-corrected chi connectivity index (χ3v) is 2.54. The van der Waals surface area contributed by atoms with Crippen molar-refractivity contribution in [2.24, 2.45) is 0 Å². The van der Waals surface area contributed by atoms with Crippen molar-refractivity contribution >= 4 is 17.6 Å². The molecule has 0 saturated heterocycles. The van der Waals surface area contributed by atoms with Crippen LogP contribution in [0.25, 0.3) is 0 Å². The molecule has 0 amide bonds. The lowest BCUT2D eigenvalue weighted by Gasteiger charge is -2.17. The van der Waals surface area contributed by atoms with Gasteiger partial charge < -0.3 is 9.47 Å². The van der Waals surface area contributed by atoms with Gasteiger partial charge in [-0.3, -0.25) is 0 Å². The molecule has 4 nitrogen and oxygen atoms in total. The fraction of sp³-hybridized carbons (Fsp3) is 0.400. The van der Waals surface area contributed by atoms with Gasteiger partial charge in [-0.25, -0.2) is 9.78 Å². The molecule has 5 heteroatoms. The van der Waals surface area contributed by atoms with E-state index in [1.54, 1.807) is 19.9 Å². The Kier molecular flexibility index (Phi) is 2.12. The highest BCUT2D eigenvalue weighted by Gasteiger charge is 2.41. The number of carbonyl (C=O) groups is 1. The summed E-state index contributed by atoms with van der Waals surface area (Å²) in [7, 11) is 1.44. The molecule has 80 valence electrons. The van der Waals surface area contributed by atoms with Gasteiger partial charge in [0.05, 0.1) is 7.11 Å². The van der Waals surface area contributed by atoms with Crippen LogP contribution in [0.3, 0.4) is 0 Å². The standard InChI is InChI=1S/C10H10ClNO3/c1-10(2)5-4-6(11)12-8(14-3)7(5)9(13)15-10/h4H,1-3H3. The quantitative estimate of drug-likeness (QED) is 0.545. The van der Waals surface area contributed by atoms with E-state index in [0.29, 0.717) is 11.1 Å². The molecule has 0 atom stereocenters. The minimum atomic E-state index is -0.674. The molecule has 0 fully saturated rings. The number of halogens is 1. The van der Waals surface area contributed by atoms with Gasteiger partial charge in [-0.1, -0.05) is 11.6 Å². The Hall–Kier alpha value is -1.29. The number of carbonyl (C=O) groups excluding carboxylic acids is 1. The summed E-state index contributed by atoms with van der Waals surface area (Å²) in [6.07, 6.45) is 0. The Morgan fingerprint density at radius 1 is 1.53 bits per heavy atom. The zero-order chi connectivity index (χ0) is 11.2. The van der Waals surface area contributed by atoms with E-state index in [0.717, 1.165) is 0 Å². The molecule has 0 aliphatic carbocycles. The molecule has 0 radical (unpaired) electrons. The fourth-order valence-electron chi connectivity index (χ4n) is 1.65. The number of pyridine rings is 1. The summed E-state index contributed by atoms with van der Waals surface area (Å²) in [6.45, 7) is 3.60. The molecule has 1 aromatic rings. The number of nitrogens with zero attached hydrogens (tertiary/aromatic N) is 1. The summed E-state index contributed by atoms with van der Waals surface area (Å²) in [5, 5.41) is 0.289. The van der Waals surface area contributed by atoms with Crippen molar-refractivity contribution in [3.63, 3.8) is 0 Å². The number of fused-ring (bicyclic) bond motifs is 1. The average Bonchev–Trinajstić information content (AvgIpc) is 2.36. The summed E-state index contributed by atoms with van der Waals surface area (Å²) >= 11 is 5.82. The van der Waals surface area contributed by atoms with Gasteiger partial charge in [0.2, 0.25) is 5.88 Å². The molecule has 2 heterocycles. The number of aromatic nitrogens is 1. The number of cyclic esters (lactones) is 1. The van der Waals surface area contributed by atoms with E-state index < -0.39 is 11.6 Å². The maximum atomic E-state index is 11.6. The van der Waals surface area contributed by atoms with E-state index in [1.807, 2.05) is 0 Å². The van der Waals surface area contributed by atoms with E-state index in [2.05, 4.69) is 4.98 Å². The van der Waals surface area contributed by atoms with E-state index in [1.165, 1.54) is 7.11 Å². The van der Waals surface area contributed by atoms with Crippen molar-refractivity contribution in [2.75, 3.05) is 7.11 Å². The molecule has 2 rings (SSSR count). The maximum absolute atomic E-state index is 11.6. The van der Waals surface area contributed by atoms with Crippen molar-refractivity contribution in [1.82, 2.24) is 4.98 Å². The van der Waals surface area contributed by atoms with Gasteiger partial charge in [0.1, 0.15) is 16.3 Å². The molecular formula is C10H10ClNO3. The predicted molar refractivity (Wildman–Crippen MR) is 54.2 cm³/mol. The van der Waals surface area contributed by atoms with Crippen LogP contribution in [-0.4, -0.2) is 18.1 Å². The van der Waals surface area contributed by atoms with Crippen LogP contribution >= 0.6 is 11.6 Å². The van der Waals surface area contributed by atoms with E-state index in [9.17, 15) is 4.79 Å². The number of esters is 1. The Labute approximate surface area is 92.2 Å². The minimum absolute atomic E-state index is 0.216. The van der Waals surface area contributed by atoms with Gasteiger partial charge >= 0.3 is 5.97 Å². The van der Waals surface area contributed by atoms with Crippen molar-refractivity contribution < 1.29 is 14.3 Å². The first kappa shape index (κ1) is 10.2. The molecule has 0 saturated carbocycles. The van der Waals surface area contributed by atoms with Crippen LogP contribution in [0.2, 0.25) is 5.15 Å². The lowest BCUT2D eigenvalue weighted by atomic mass is 9.97. The molecule has 15 heavy (non-hydrogen) atoms. The van der Waals surface area contributed by atoms with E-state index >= 15 is 0 Å². The van der Waals surface area contributed by atoms with Gasteiger partial charge in [0.25, 0.3) is 0 Å². The van der Waals surface area contributed by atoms with Gasteiger partial charge in [-0.15, -0.1) is 0 Å². The van der Waals surface area contributed by atoms with Gasteiger partial charge in [0, 0.05) is 5.56 Å². The SMILES string of the molecule is COc1nc(Cl)cc2c1C(=O)OC2(C)C. The largest absolute Gasteiger partial charge is 0.480 e. The molecule has 0 spiro atoms. The molecule has 0 N–H and O–H groups in total. The van der Waals surface area contributed by atoms with Crippen LogP contribution in [0.1, 0.15) is 29.8 Å². The average molecular weight is 228 g/mol. The van der Waals surface area contributed by atoms with Gasteiger partial charge in [-0.05, 0) is 19.9 Å². The maximum Gasteiger partial charge on any atom is 0.344 e. The zero-order valence-electron chi connectivity index (χ0n) is 8.63. The highest BCUT2D eigenvalue weighted by Crippen LogP contribution is 2.40. The molecule has 0 unspecified atom stereocenters. The van der Waals surface area contributed by atoms with Crippen LogP contribution in [-0.2, 0) is 10.3 Å². The molecule has 0 bridgehead atoms. The number of hydrogen-bond acceptors (Lipinski definition) is 4. The van der Waals surface area contributed by atoms with Crippen molar-refractivity contribution in [3.8, 4) is 5.88 Å². The highest BCUT2D eigenvalue weighted by atomic mass is 35.5. The molecule has 1 aliphatic rings. The number of methoxy groups -OCH3 is 1. The fourth-order valence-corrected chi connectivity index (χ4v) is 1.84. The highest BCUT2D eigenvalue weighted by molar-refractivity contribution is 6.29. The molecular weight excluding hydrogens is 218 g/mol. The second-order valence-corrected chi connectivity index (χ2v) is 4.16. The second kappa shape index (κ2) is 3.10. The third-order valence-electron chi connectivity index (χ3n) is 2.35. The first-order valence-electron chi connectivity index (χ1n) is 4.44. The number of rotatable bonds is 1. The molecule has 0 aromatic carbocycles. The van der Waals surface area contributed by atoms with Crippen LogP contribution in [0.15, 0.2) is 6.07 Å². The van der Waals surface area contributed by atoms with Crippen LogP contribution < -0.4 is 4.74 Å². The zero-order valence-corrected chi connectivity index (χ0v) is 9.38. The minimum Gasteiger partial charge on any atom is -0.480 e.